The summed E-state index contributed by atoms with van der Waals surface area (Å²) in [6.07, 6.45) is 0. The molecule has 0 radical (unpaired) electrons. The van der Waals surface area contributed by atoms with Crippen molar-refractivity contribution in [2.24, 2.45) is 0 Å². The Bertz CT molecular complexity index is 243. The Morgan fingerprint density at radius 2 is 1.44 bits per heavy atom. The van der Waals surface area contributed by atoms with Crippen molar-refractivity contribution in [3.05, 3.63) is 0 Å². The summed E-state index contributed by atoms with van der Waals surface area (Å²) in [6, 6.07) is 0. The molecule has 2 saturated heterocycles. The van der Waals surface area contributed by atoms with Crippen LogP contribution in [0.5, 0.6) is 0 Å². The minimum Gasteiger partial charge on any atom is -0.379 e. The standard InChI is InChI=1S/C14H29N3O/c1-4-15-5-7-16(8-6-15)13-14(2,3)17-9-11-18-12-10-17/h4-13H2,1-3H3. The summed E-state index contributed by atoms with van der Waals surface area (Å²) in [7, 11) is 0. The van der Waals surface area contributed by atoms with Gasteiger partial charge < -0.3 is 9.64 Å². The van der Waals surface area contributed by atoms with E-state index in [1.54, 1.807) is 0 Å². The Morgan fingerprint density at radius 1 is 0.889 bits per heavy atom. The van der Waals surface area contributed by atoms with Gasteiger partial charge in [-0.25, -0.2) is 0 Å². The van der Waals surface area contributed by atoms with Crippen LogP contribution in [0, 0.1) is 0 Å². The van der Waals surface area contributed by atoms with Gasteiger partial charge in [0.15, 0.2) is 0 Å². The Hall–Kier alpha value is -0.160. The number of nitrogens with zero attached hydrogens (tertiary/aromatic N) is 3. The van der Waals surface area contributed by atoms with Crippen LogP contribution >= 0.6 is 0 Å². The van der Waals surface area contributed by atoms with Gasteiger partial charge in [-0.3, -0.25) is 9.80 Å². The molecule has 106 valence electrons. The number of ether oxygens (including phenoxy) is 1. The maximum Gasteiger partial charge on any atom is 0.0594 e. The first-order valence-electron chi connectivity index (χ1n) is 7.39. The van der Waals surface area contributed by atoms with E-state index in [1.807, 2.05) is 0 Å². The fraction of sp³-hybridized carbons (Fsp3) is 1.00. The van der Waals surface area contributed by atoms with Gasteiger partial charge in [-0.2, -0.15) is 0 Å². The highest BCUT2D eigenvalue weighted by Gasteiger charge is 2.31. The average Bonchev–Trinajstić information content (AvgIpc) is 2.40. The van der Waals surface area contributed by atoms with Crippen LogP contribution < -0.4 is 0 Å². The molecule has 0 atom stereocenters. The molecule has 0 aromatic rings. The van der Waals surface area contributed by atoms with Gasteiger partial charge in [0.2, 0.25) is 0 Å². The summed E-state index contributed by atoms with van der Waals surface area (Å²) < 4.78 is 5.45. The molecule has 4 nitrogen and oxygen atoms in total. The minimum absolute atomic E-state index is 0.276. The SMILES string of the molecule is CCN1CCN(CC(C)(C)N2CCOCC2)CC1. The van der Waals surface area contributed by atoms with E-state index in [1.165, 1.54) is 39.3 Å². The van der Waals surface area contributed by atoms with Crippen LogP contribution in [0.4, 0.5) is 0 Å². The summed E-state index contributed by atoms with van der Waals surface area (Å²) in [5, 5.41) is 0. The molecule has 0 aliphatic carbocycles. The van der Waals surface area contributed by atoms with E-state index in [2.05, 4.69) is 35.5 Å². The summed E-state index contributed by atoms with van der Waals surface area (Å²) in [5.41, 5.74) is 0.276. The van der Waals surface area contributed by atoms with Crippen molar-refractivity contribution in [1.29, 1.82) is 0 Å². The normalized spacial score (nSPS) is 25.5. The highest BCUT2D eigenvalue weighted by atomic mass is 16.5. The number of hydrogen-bond acceptors (Lipinski definition) is 4. The van der Waals surface area contributed by atoms with Crippen LogP contribution in [0.2, 0.25) is 0 Å². The van der Waals surface area contributed by atoms with Crippen molar-refractivity contribution in [3.63, 3.8) is 0 Å². The number of likely N-dealkylation sites (N-methyl/N-ethyl adjacent to an activating group) is 1. The van der Waals surface area contributed by atoms with Crippen molar-refractivity contribution in [3.8, 4) is 0 Å². The Labute approximate surface area is 112 Å². The van der Waals surface area contributed by atoms with Crippen LogP contribution in [-0.2, 0) is 4.74 Å². The number of hydrogen-bond donors (Lipinski definition) is 0. The van der Waals surface area contributed by atoms with Crippen LogP contribution in [0.15, 0.2) is 0 Å². The van der Waals surface area contributed by atoms with Crippen molar-refractivity contribution in [2.45, 2.75) is 26.3 Å². The van der Waals surface area contributed by atoms with Crippen molar-refractivity contribution < 1.29 is 4.74 Å². The maximum absolute atomic E-state index is 5.45. The van der Waals surface area contributed by atoms with E-state index in [0.29, 0.717) is 0 Å². The third kappa shape index (κ3) is 3.67. The van der Waals surface area contributed by atoms with Crippen LogP contribution in [0.3, 0.4) is 0 Å². The van der Waals surface area contributed by atoms with Gasteiger partial charge in [0.1, 0.15) is 0 Å². The van der Waals surface area contributed by atoms with Gasteiger partial charge in [0.05, 0.1) is 13.2 Å². The van der Waals surface area contributed by atoms with E-state index in [0.717, 1.165) is 26.3 Å². The molecule has 0 aromatic heterocycles. The molecule has 4 heteroatoms. The number of rotatable bonds is 4. The maximum atomic E-state index is 5.45. The van der Waals surface area contributed by atoms with Gasteiger partial charge >= 0.3 is 0 Å². The summed E-state index contributed by atoms with van der Waals surface area (Å²) in [6.45, 7) is 18.3. The lowest BCUT2D eigenvalue weighted by molar-refractivity contribution is -0.0261. The summed E-state index contributed by atoms with van der Waals surface area (Å²) in [4.78, 5) is 7.75. The highest BCUT2D eigenvalue weighted by Crippen LogP contribution is 2.18. The molecule has 0 saturated carbocycles. The molecule has 2 aliphatic heterocycles. The smallest absolute Gasteiger partial charge is 0.0594 e. The zero-order chi connectivity index (χ0) is 13.0. The van der Waals surface area contributed by atoms with E-state index in [9.17, 15) is 0 Å². The third-order valence-corrected chi connectivity index (χ3v) is 4.39. The van der Waals surface area contributed by atoms with E-state index >= 15 is 0 Å². The molecule has 0 bridgehead atoms. The van der Waals surface area contributed by atoms with E-state index < -0.39 is 0 Å². The highest BCUT2D eigenvalue weighted by molar-refractivity contribution is 4.87. The molecule has 0 N–H and O–H groups in total. The number of piperazine rings is 1. The van der Waals surface area contributed by atoms with Crippen LogP contribution in [-0.4, -0.2) is 85.8 Å². The molecular formula is C14H29N3O. The predicted octanol–water partition coefficient (Wildman–Crippen LogP) is 0.735. The molecule has 0 spiro atoms. The van der Waals surface area contributed by atoms with E-state index in [-0.39, 0.29) is 5.54 Å². The fourth-order valence-electron chi connectivity index (χ4n) is 3.08. The first kappa shape index (κ1) is 14.3. The molecule has 2 aliphatic rings. The van der Waals surface area contributed by atoms with Crippen LogP contribution in [0.1, 0.15) is 20.8 Å². The minimum atomic E-state index is 0.276. The van der Waals surface area contributed by atoms with Gasteiger partial charge in [-0.1, -0.05) is 6.92 Å². The quantitative estimate of drug-likeness (QED) is 0.737. The lowest BCUT2D eigenvalue weighted by atomic mass is 10.0. The van der Waals surface area contributed by atoms with Crippen LogP contribution in [0.25, 0.3) is 0 Å². The second-order valence-corrected chi connectivity index (χ2v) is 6.12. The summed E-state index contributed by atoms with van der Waals surface area (Å²) in [5.74, 6) is 0. The lowest BCUT2D eigenvalue weighted by Crippen LogP contribution is -2.58. The molecule has 0 aromatic carbocycles. The van der Waals surface area contributed by atoms with Crippen molar-refractivity contribution >= 4 is 0 Å². The van der Waals surface area contributed by atoms with Gasteiger partial charge in [-0.15, -0.1) is 0 Å². The average molecular weight is 255 g/mol. The molecule has 0 unspecified atom stereocenters. The third-order valence-electron chi connectivity index (χ3n) is 4.39. The monoisotopic (exact) mass is 255 g/mol. The Morgan fingerprint density at radius 3 is 2.00 bits per heavy atom. The zero-order valence-electron chi connectivity index (χ0n) is 12.3. The Balaban J connectivity index is 1.80. The molecular weight excluding hydrogens is 226 g/mol. The molecule has 2 rings (SSSR count). The zero-order valence-corrected chi connectivity index (χ0v) is 12.3. The molecule has 0 amide bonds. The molecule has 2 fully saturated rings. The second-order valence-electron chi connectivity index (χ2n) is 6.12. The lowest BCUT2D eigenvalue weighted by Gasteiger charge is -2.45. The fourth-order valence-corrected chi connectivity index (χ4v) is 3.08. The van der Waals surface area contributed by atoms with Gasteiger partial charge in [0.25, 0.3) is 0 Å². The first-order chi connectivity index (χ1) is 8.62. The largest absolute Gasteiger partial charge is 0.379 e. The topological polar surface area (TPSA) is 19.0 Å². The second kappa shape index (κ2) is 6.33. The predicted molar refractivity (Wildman–Crippen MR) is 75.0 cm³/mol. The summed E-state index contributed by atoms with van der Waals surface area (Å²) >= 11 is 0. The number of morpholine rings is 1. The van der Waals surface area contributed by atoms with E-state index in [4.69, 9.17) is 4.74 Å². The van der Waals surface area contributed by atoms with Crippen molar-refractivity contribution in [2.75, 3.05) is 65.6 Å². The first-order valence-corrected chi connectivity index (χ1v) is 7.39. The van der Waals surface area contributed by atoms with Crippen molar-refractivity contribution in [1.82, 2.24) is 14.7 Å². The molecule has 2 heterocycles. The van der Waals surface area contributed by atoms with Gasteiger partial charge in [0, 0.05) is 51.4 Å². The Kier molecular flexibility index (Phi) is 5.01. The molecule has 18 heavy (non-hydrogen) atoms. The van der Waals surface area contributed by atoms with Gasteiger partial charge in [-0.05, 0) is 20.4 Å².